The van der Waals surface area contributed by atoms with Crippen LogP contribution in [0.15, 0.2) is 4.79 Å². The molecule has 2 heterocycles. The summed E-state index contributed by atoms with van der Waals surface area (Å²) in [5.74, 6) is 0.610. The van der Waals surface area contributed by atoms with E-state index in [-0.39, 0.29) is 11.5 Å². The molecule has 0 atom stereocenters. The average molecular weight is 237 g/mol. The molecular weight excluding hydrogens is 222 g/mol. The molecule has 0 aliphatic heterocycles. The van der Waals surface area contributed by atoms with E-state index >= 15 is 0 Å². The maximum atomic E-state index is 11.6. The summed E-state index contributed by atoms with van der Waals surface area (Å²) < 4.78 is 0.697. The Labute approximate surface area is 97.7 Å². The predicted molar refractivity (Wildman–Crippen MR) is 66.2 cm³/mol. The van der Waals surface area contributed by atoms with Gasteiger partial charge >= 0.3 is 0 Å². The minimum Gasteiger partial charge on any atom is -0.266 e. The van der Waals surface area contributed by atoms with E-state index in [9.17, 15) is 4.79 Å². The number of rotatable bonds is 2. The first-order valence-electron chi connectivity index (χ1n) is 5.39. The van der Waals surface area contributed by atoms with Gasteiger partial charge in [0.1, 0.15) is 10.2 Å². The van der Waals surface area contributed by atoms with Crippen LogP contribution in [0, 0.1) is 0 Å². The molecule has 0 unspecified atom stereocenters. The van der Waals surface area contributed by atoms with Crippen molar-refractivity contribution in [3.05, 3.63) is 21.1 Å². The molecule has 0 aliphatic rings. The highest BCUT2D eigenvalue weighted by atomic mass is 32.1. The van der Waals surface area contributed by atoms with Gasteiger partial charge < -0.3 is 0 Å². The lowest BCUT2D eigenvalue weighted by Crippen LogP contribution is -2.10. The van der Waals surface area contributed by atoms with Crippen molar-refractivity contribution in [1.82, 2.24) is 15.2 Å². The van der Waals surface area contributed by atoms with Gasteiger partial charge in [0.25, 0.3) is 5.56 Å². The van der Waals surface area contributed by atoms with Gasteiger partial charge in [-0.15, -0.1) is 11.3 Å². The second-order valence-electron chi connectivity index (χ2n) is 4.48. The number of nitrogens with zero attached hydrogens (tertiary/aromatic N) is 2. The minimum atomic E-state index is -0.135. The molecular formula is C11H15N3OS. The normalized spacial score (nSPS) is 11.9. The highest BCUT2D eigenvalue weighted by molar-refractivity contribution is 7.18. The number of aromatic nitrogens is 3. The molecule has 1 N–H and O–H groups in total. The third kappa shape index (κ3) is 1.75. The van der Waals surface area contributed by atoms with Crippen molar-refractivity contribution in [2.45, 2.75) is 39.5 Å². The highest BCUT2D eigenvalue weighted by Crippen LogP contribution is 2.28. The first-order chi connectivity index (χ1) is 7.50. The second-order valence-corrected chi connectivity index (χ2v) is 5.51. The van der Waals surface area contributed by atoms with Crippen molar-refractivity contribution in [2.75, 3.05) is 0 Å². The van der Waals surface area contributed by atoms with Crippen molar-refractivity contribution >= 4 is 21.6 Å². The van der Waals surface area contributed by atoms with Gasteiger partial charge in [0.05, 0.1) is 10.7 Å². The van der Waals surface area contributed by atoms with Gasteiger partial charge in [0, 0.05) is 5.92 Å². The van der Waals surface area contributed by atoms with Crippen LogP contribution in [-0.2, 0) is 0 Å². The Morgan fingerprint density at radius 1 is 1.19 bits per heavy atom. The van der Waals surface area contributed by atoms with Crippen LogP contribution < -0.4 is 5.56 Å². The first kappa shape index (κ1) is 11.3. The van der Waals surface area contributed by atoms with Gasteiger partial charge in [-0.3, -0.25) is 4.79 Å². The summed E-state index contributed by atoms with van der Waals surface area (Å²) in [6.07, 6.45) is 0. The molecule has 86 valence electrons. The van der Waals surface area contributed by atoms with Crippen LogP contribution >= 0.6 is 11.3 Å². The van der Waals surface area contributed by atoms with Crippen molar-refractivity contribution in [2.24, 2.45) is 0 Å². The average Bonchev–Trinajstić information content (AvgIpc) is 2.62. The Kier molecular flexibility index (Phi) is 2.80. The fourth-order valence-electron chi connectivity index (χ4n) is 1.53. The van der Waals surface area contributed by atoms with Crippen molar-refractivity contribution in [3.63, 3.8) is 0 Å². The quantitative estimate of drug-likeness (QED) is 0.873. The van der Waals surface area contributed by atoms with Gasteiger partial charge in [-0.05, 0) is 5.92 Å². The number of fused-ring (bicyclic) bond motifs is 1. The number of hydrogen-bond acceptors (Lipinski definition) is 4. The molecule has 0 bridgehead atoms. The van der Waals surface area contributed by atoms with Crippen molar-refractivity contribution in [1.29, 1.82) is 0 Å². The van der Waals surface area contributed by atoms with Crippen LogP contribution in [0.5, 0.6) is 0 Å². The van der Waals surface area contributed by atoms with Gasteiger partial charge in [-0.2, -0.15) is 5.10 Å². The second kappa shape index (κ2) is 3.97. The molecule has 5 heteroatoms. The van der Waals surface area contributed by atoms with E-state index in [1.165, 1.54) is 11.3 Å². The summed E-state index contributed by atoms with van der Waals surface area (Å²) in [5, 5.41) is 7.62. The summed E-state index contributed by atoms with van der Waals surface area (Å²) >= 11 is 1.47. The summed E-state index contributed by atoms with van der Waals surface area (Å²) in [4.78, 5) is 16.2. The lowest BCUT2D eigenvalue weighted by molar-refractivity contribution is 0.787. The van der Waals surface area contributed by atoms with E-state index in [4.69, 9.17) is 0 Å². The van der Waals surface area contributed by atoms with Gasteiger partial charge in [0.2, 0.25) is 0 Å². The topological polar surface area (TPSA) is 58.6 Å². The molecule has 4 nitrogen and oxygen atoms in total. The molecule has 0 spiro atoms. The van der Waals surface area contributed by atoms with Crippen LogP contribution in [-0.4, -0.2) is 15.2 Å². The number of hydrogen-bond donors (Lipinski definition) is 1. The largest absolute Gasteiger partial charge is 0.283 e. The third-order valence-corrected chi connectivity index (χ3v) is 3.77. The van der Waals surface area contributed by atoms with Crippen LogP contribution in [0.2, 0.25) is 0 Å². The SMILES string of the molecule is CC(C)c1nc2c(C(C)C)n[nH]c(=O)c2s1. The number of aromatic amines is 1. The predicted octanol–water partition coefficient (Wildman–Crippen LogP) is 2.63. The van der Waals surface area contributed by atoms with E-state index < -0.39 is 0 Å². The van der Waals surface area contributed by atoms with Gasteiger partial charge in [-0.25, -0.2) is 10.1 Å². The summed E-state index contributed by atoms with van der Waals surface area (Å²) in [6.45, 7) is 8.26. The van der Waals surface area contributed by atoms with Crippen molar-refractivity contribution in [3.8, 4) is 0 Å². The first-order valence-corrected chi connectivity index (χ1v) is 6.21. The summed E-state index contributed by atoms with van der Waals surface area (Å²) in [7, 11) is 0. The maximum Gasteiger partial charge on any atom is 0.283 e. The Morgan fingerprint density at radius 3 is 2.44 bits per heavy atom. The zero-order valence-electron chi connectivity index (χ0n) is 9.87. The van der Waals surface area contributed by atoms with Gasteiger partial charge in [0.15, 0.2) is 0 Å². The highest BCUT2D eigenvalue weighted by Gasteiger charge is 2.16. The fourth-order valence-corrected chi connectivity index (χ4v) is 2.50. The van der Waals surface area contributed by atoms with E-state index in [1.54, 1.807) is 0 Å². The number of H-pyrrole nitrogens is 1. The molecule has 2 aromatic heterocycles. The minimum absolute atomic E-state index is 0.135. The lowest BCUT2D eigenvalue weighted by Gasteiger charge is -2.02. The molecule has 2 aromatic rings. The monoisotopic (exact) mass is 237 g/mol. The number of thiazole rings is 1. The van der Waals surface area contributed by atoms with E-state index in [2.05, 4.69) is 42.9 Å². The Morgan fingerprint density at radius 2 is 1.88 bits per heavy atom. The number of nitrogens with one attached hydrogen (secondary N) is 1. The standard InChI is InChI=1S/C11H15N3OS/c1-5(2)7-8-9(10(15)14-13-7)16-11(12-8)6(3)4/h5-6H,1-4H3,(H,14,15). The molecule has 0 aromatic carbocycles. The molecule has 2 rings (SSSR count). The summed E-state index contributed by atoms with van der Waals surface area (Å²) in [5.41, 5.74) is 1.51. The van der Waals surface area contributed by atoms with E-state index in [1.807, 2.05) is 0 Å². The zero-order valence-corrected chi connectivity index (χ0v) is 10.7. The smallest absolute Gasteiger partial charge is 0.266 e. The molecule has 0 saturated heterocycles. The molecule has 16 heavy (non-hydrogen) atoms. The Hall–Kier alpha value is -1.23. The maximum absolute atomic E-state index is 11.6. The molecule has 0 aliphatic carbocycles. The molecule has 0 amide bonds. The molecule has 0 saturated carbocycles. The van der Waals surface area contributed by atoms with Crippen LogP contribution in [0.25, 0.3) is 10.2 Å². The molecule has 0 radical (unpaired) electrons. The Bertz CT molecular complexity index is 568. The lowest BCUT2D eigenvalue weighted by atomic mass is 10.1. The molecule has 0 fully saturated rings. The van der Waals surface area contributed by atoms with E-state index in [0.717, 1.165) is 16.2 Å². The zero-order chi connectivity index (χ0) is 11.9. The third-order valence-electron chi connectivity index (χ3n) is 2.41. The summed E-state index contributed by atoms with van der Waals surface area (Å²) in [6, 6.07) is 0. The van der Waals surface area contributed by atoms with Gasteiger partial charge in [-0.1, -0.05) is 27.7 Å². The van der Waals surface area contributed by atoms with Crippen LogP contribution in [0.1, 0.15) is 50.2 Å². The van der Waals surface area contributed by atoms with E-state index in [0.29, 0.717) is 10.6 Å². The Balaban J connectivity index is 2.78. The van der Waals surface area contributed by atoms with Crippen LogP contribution in [0.4, 0.5) is 0 Å². The van der Waals surface area contributed by atoms with Crippen molar-refractivity contribution < 1.29 is 0 Å². The fraction of sp³-hybridized carbons (Fsp3) is 0.545. The van der Waals surface area contributed by atoms with Crippen LogP contribution in [0.3, 0.4) is 0 Å².